The van der Waals surface area contributed by atoms with Gasteiger partial charge in [0.15, 0.2) is 0 Å². The van der Waals surface area contributed by atoms with Crippen molar-refractivity contribution in [3.63, 3.8) is 0 Å². The van der Waals surface area contributed by atoms with Gasteiger partial charge in [-0.3, -0.25) is 9.69 Å². The maximum atomic E-state index is 13.6. The number of ether oxygens (including phenoxy) is 1. The molecule has 166 valence electrons. The van der Waals surface area contributed by atoms with Gasteiger partial charge in [-0.2, -0.15) is 0 Å². The molecule has 32 heavy (non-hydrogen) atoms. The maximum Gasteiger partial charge on any atom is 0.246 e. The molecule has 4 rings (SSSR count). The summed E-state index contributed by atoms with van der Waals surface area (Å²) in [6, 6.07) is 24.0. The fourth-order valence-corrected chi connectivity index (χ4v) is 4.42. The molecule has 0 spiro atoms. The third kappa shape index (κ3) is 4.78. The van der Waals surface area contributed by atoms with E-state index in [-0.39, 0.29) is 11.9 Å². The molecule has 0 unspecified atom stereocenters. The van der Waals surface area contributed by atoms with Crippen LogP contribution in [0.2, 0.25) is 0 Å². The van der Waals surface area contributed by atoms with Crippen LogP contribution in [0.3, 0.4) is 0 Å². The number of hydrogen-bond donors (Lipinski definition) is 1. The molecule has 1 N–H and O–H groups in total. The van der Waals surface area contributed by atoms with Gasteiger partial charge in [0.25, 0.3) is 0 Å². The monoisotopic (exact) mass is 429 g/mol. The van der Waals surface area contributed by atoms with Crippen molar-refractivity contribution in [3.05, 3.63) is 89.5 Å². The Bertz CT molecular complexity index is 1060. The normalized spacial score (nSPS) is 15.3. The number of rotatable bonds is 6. The summed E-state index contributed by atoms with van der Waals surface area (Å²) in [5.74, 6) is 0.629. The fourth-order valence-electron chi connectivity index (χ4n) is 4.42. The van der Waals surface area contributed by atoms with Crippen molar-refractivity contribution in [3.8, 4) is 5.75 Å². The summed E-state index contributed by atoms with van der Waals surface area (Å²) in [6.45, 7) is 7.55. The van der Waals surface area contributed by atoms with Crippen molar-refractivity contribution >= 4 is 17.3 Å². The number of para-hydroxylation sites is 1. The summed E-state index contributed by atoms with van der Waals surface area (Å²) in [5.41, 5.74) is 5.34. The van der Waals surface area contributed by atoms with Crippen LogP contribution in [-0.4, -0.2) is 44.1 Å². The topological polar surface area (TPSA) is 44.8 Å². The van der Waals surface area contributed by atoms with Gasteiger partial charge in [-0.05, 0) is 48.7 Å². The lowest BCUT2D eigenvalue weighted by atomic mass is 10.0. The van der Waals surface area contributed by atoms with Crippen LogP contribution in [0.4, 0.5) is 11.4 Å². The number of amides is 1. The number of carbonyl (C=O) groups is 1. The lowest BCUT2D eigenvalue weighted by Gasteiger charge is -2.40. The van der Waals surface area contributed by atoms with Crippen molar-refractivity contribution in [2.45, 2.75) is 19.9 Å². The van der Waals surface area contributed by atoms with Crippen molar-refractivity contribution in [1.29, 1.82) is 0 Å². The first-order chi connectivity index (χ1) is 15.6. The first-order valence-electron chi connectivity index (χ1n) is 11.1. The summed E-state index contributed by atoms with van der Waals surface area (Å²) in [6.07, 6.45) is 0. The molecule has 0 bridgehead atoms. The Labute approximate surface area is 190 Å². The summed E-state index contributed by atoms with van der Waals surface area (Å²) in [5, 5.41) is 3.13. The van der Waals surface area contributed by atoms with Crippen molar-refractivity contribution in [2.24, 2.45) is 0 Å². The molecule has 0 aromatic heterocycles. The Kier molecular flexibility index (Phi) is 6.76. The lowest BCUT2D eigenvalue weighted by Crippen LogP contribution is -2.50. The molecule has 1 aliphatic heterocycles. The number of benzene rings is 3. The van der Waals surface area contributed by atoms with E-state index >= 15 is 0 Å². The largest absolute Gasteiger partial charge is 0.495 e. The Morgan fingerprint density at radius 2 is 1.59 bits per heavy atom. The second kappa shape index (κ2) is 9.88. The van der Waals surface area contributed by atoms with E-state index in [9.17, 15) is 4.79 Å². The molecule has 3 aromatic carbocycles. The maximum absolute atomic E-state index is 13.6. The van der Waals surface area contributed by atoms with Crippen molar-refractivity contribution in [2.75, 3.05) is 43.5 Å². The molecule has 0 radical (unpaired) electrons. The highest BCUT2D eigenvalue weighted by atomic mass is 16.5. The van der Waals surface area contributed by atoms with Crippen LogP contribution >= 0.6 is 0 Å². The molecule has 1 amide bonds. The first kappa shape index (κ1) is 21.9. The van der Waals surface area contributed by atoms with Crippen LogP contribution in [0.25, 0.3) is 0 Å². The number of carbonyl (C=O) groups excluding carboxylic acids is 1. The SMILES string of the molecule is COc1ccc(C)cc1NC(=O)[C@@H](c1ccccc1)N1CCN(c2ccccc2C)CC1. The third-order valence-corrected chi connectivity index (χ3v) is 6.11. The second-order valence-corrected chi connectivity index (χ2v) is 8.32. The van der Waals surface area contributed by atoms with Gasteiger partial charge < -0.3 is 15.0 Å². The summed E-state index contributed by atoms with van der Waals surface area (Å²) < 4.78 is 5.47. The minimum Gasteiger partial charge on any atom is -0.495 e. The average molecular weight is 430 g/mol. The number of nitrogens with one attached hydrogen (secondary N) is 1. The molecule has 0 saturated carbocycles. The van der Waals surface area contributed by atoms with Crippen LogP contribution in [-0.2, 0) is 4.79 Å². The van der Waals surface area contributed by atoms with Crippen LogP contribution in [0, 0.1) is 13.8 Å². The van der Waals surface area contributed by atoms with Crippen molar-refractivity contribution < 1.29 is 9.53 Å². The Morgan fingerprint density at radius 3 is 2.28 bits per heavy atom. The van der Waals surface area contributed by atoms with Crippen LogP contribution in [0.15, 0.2) is 72.8 Å². The molecule has 1 saturated heterocycles. The predicted octanol–water partition coefficient (Wildman–Crippen LogP) is 4.81. The highest BCUT2D eigenvalue weighted by Gasteiger charge is 2.31. The van der Waals surface area contributed by atoms with E-state index in [1.165, 1.54) is 11.3 Å². The van der Waals surface area contributed by atoms with E-state index in [0.717, 1.165) is 37.3 Å². The Morgan fingerprint density at radius 1 is 0.906 bits per heavy atom. The average Bonchev–Trinajstić information content (AvgIpc) is 2.81. The van der Waals surface area contributed by atoms with Gasteiger partial charge in [0.05, 0.1) is 12.8 Å². The quantitative estimate of drug-likeness (QED) is 0.611. The molecule has 5 heteroatoms. The number of aryl methyl sites for hydroxylation is 2. The predicted molar refractivity (Wildman–Crippen MR) is 131 cm³/mol. The molecule has 1 heterocycles. The van der Waals surface area contributed by atoms with Crippen LogP contribution < -0.4 is 15.0 Å². The molecule has 1 atom stereocenters. The van der Waals surface area contributed by atoms with Gasteiger partial charge in [-0.1, -0.05) is 54.6 Å². The second-order valence-electron chi connectivity index (χ2n) is 8.32. The minimum absolute atomic E-state index is 0.0376. The number of nitrogens with zero attached hydrogens (tertiary/aromatic N) is 2. The van der Waals surface area contributed by atoms with Crippen molar-refractivity contribution in [1.82, 2.24) is 4.90 Å². The van der Waals surface area contributed by atoms with Gasteiger partial charge in [-0.15, -0.1) is 0 Å². The number of hydrogen-bond acceptors (Lipinski definition) is 4. The molecule has 0 aliphatic carbocycles. The van der Waals surface area contributed by atoms with E-state index in [4.69, 9.17) is 4.74 Å². The fraction of sp³-hybridized carbons (Fsp3) is 0.296. The summed E-state index contributed by atoms with van der Waals surface area (Å²) in [7, 11) is 1.62. The number of anilines is 2. The molecular formula is C27H31N3O2. The molecule has 3 aromatic rings. The summed E-state index contributed by atoms with van der Waals surface area (Å²) in [4.78, 5) is 18.3. The zero-order chi connectivity index (χ0) is 22.5. The zero-order valence-corrected chi connectivity index (χ0v) is 19.0. The Balaban J connectivity index is 1.55. The highest BCUT2D eigenvalue weighted by molar-refractivity contribution is 5.97. The van der Waals surface area contributed by atoms with Gasteiger partial charge in [-0.25, -0.2) is 0 Å². The van der Waals surface area contributed by atoms with E-state index in [0.29, 0.717) is 11.4 Å². The van der Waals surface area contributed by atoms with Crippen LogP contribution in [0.1, 0.15) is 22.7 Å². The molecule has 5 nitrogen and oxygen atoms in total. The van der Waals surface area contributed by atoms with E-state index < -0.39 is 0 Å². The minimum atomic E-state index is -0.361. The highest BCUT2D eigenvalue weighted by Crippen LogP contribution is 2.30. The Hall–Kier alpha value is -3.31. The van der Waals surface area contributed by atoms with Gasteiger partial charge in [0.1, 0.15) is 11.8 Å². The van der Waals surface area contributed by atoms with E-state index in [1.807, 2.05) is 55.5 Å². The lowest BCUT2D eigenvalue weighted by molar-refractivity contribution is -0.121. The first-order valence-corrected chi connectivity index (χ1v) is 11.1. The molecular weight excluding hydrogens is 398 g/mol. The molecule has 1 aliphatic rings. The number of methoxy groups -OCH3 is 1. The molecule has 1 fully saturated rings. The van der Waals surface area contributed by atoms with Crippen LogP contribution in [0.5, 0.6) is 5.75 Å². The van der Waals surface area contributed by atoms with Gasteiger partial charge in [0.2, 0.25) is 5.91 Å². The van der Waals surface area contributed by atoms with Gasteiger partial charge >= 0.3 is 0 Å². The standard InChI is InChI=1S/C27H31N3O2/c1-20-13-14-25(32-3)23(19-20)28-27(31)26(22-10-5-4-6-11-22)30-17-15-29(16-18-30)24-12-8-7-9-21(24)2/h4-14,19,26H,15-18H2,1-3H3,(H,28,31)/t26-/m1/s1. The third-order valence-electron chi connectivity index (χ3n) is 6.11. The van der Waals surface area contributed by atoms with Gasteiger partial charge in [0, 0.05) is 31.9 Å². The zero-order valence-electron chi connectivity index (χ0n) is 19.0. The van der Waals surface area contributed by atoms with E-state index in [2.05, 4.69) is 46.3 Å². The summed E-state index contributed by atoms with van der Waals surface area (Å²) >= 11 is 0. The van der Waals surface area contributed by atoms with E-state index in [1.54, 1.807) is 7.11 Å². The smallest absolute Gasteiger partial charge is 0.246 e. The number of piperazine rings is 1.